The highest BCUT2D eigenvalue weighted by Crippen LogP contribution is 2.15. The van der Waals surface area contributed by atoms with E-state index < -0.39 is 0 Å². The molecule has 1 aromatic heterocycles. The molecule has 0 unspecified atom stereocenters. The Kier molecular flexibility index (Phi) is 7.09. The maximum Gasteiger partial charge on any atom is 0.252 e. The van der Waals surface area contributed by atoms with E-state index in [1.165, 1.54) is 0 Å². The van der Waals surface area contributed by atoms with Crippen molar-refractivity contribution in [2.75, 3.05) is 0 Å². The third-order valence-corrected chi connectivity index (χ3v) is 1.68. The van der Waals surface area contributed by atoms with Crippen LogP contribution >= 0.6 is 0 Å². The molecule has 0 spiro atoms. The van der Waals surface area contributed by atoms with E-state index in [0.717, 1.165) is 5.82 Å². The van der Waals surface area contributed by atoms with Gasteiger partial charge in [-0.2, -0.15) is 4.98 Å². The van der Waals surface area contributed by atoms with E-state index in [2.05, 4.69) is 28.9 Å². The van der Waals surface area contributed by atoms with E-state index in [9.17, 15) is 0 Å². The second kappa shape index (κ2) is 7.79. The molecule has 0 atom stereocenters. The second-order valence-electron chi connectivity index (χ2n) is 3.24. The minimum absolute atomic E-state index is 0.326. The van der Waals surface area contributed by atoms with Crippen molar-refractivity contribution >= 4 is 18.4 Å². The summed E-state index contributed by atoms with van der Waals surface area (Å²) in [6.07, 6.45) is 5.48. The fourth-order valence-electron chi connectivity index (χ4n) is 1.02. The summed E-state index contributed by atoms with van der Waals surface area (Å²) in [7, 11) is 0. The van der Waals surface area contributed by atoms with Crippen LogP contribution in [0.5, 0.6) is 0 Å². The van der Waals surface area contributed by atoms with Crippen LogP contribution in [0.3, 0.4) is 0 Å². The molecule has 0 saturated heterocycles. The molecule has 1 rings (SSSR count). The van der Waals surface area contributed by atoms with Crippen molar-refractivity contribution in [2.45, 2.75) is 47.5 Å². The summed E-state index contributed by atoms with van der Waals surface area (Å²) < 4.78 is 1.69. The molecule has 1 heterocycles. The van der Waals surface area contributed by atoms with Crippen LogP contribution in [0.1, 0.15) is 53.3 Å². The molecule has 1 aromatic rings. The number of rotatable bonds is 3. The Morgan fingerprint density at radius 3 is 2.31 bits per heavy atom. The standard InChI is InChI=1S/C10H16N4.C2H6/c1-5-7-14-10(11-6-2)12-9(13-14)8(3)4;1-2/h5-8H,1-4H3;1-2H3/b7-5-,11-6-;. The molecule has 0 aliphatic rings. The highest BCUT2D eigenvalue weighted by Gasteiger charge is 2.09. The molecule has 4 heteroatoms. The topological polar surface area (TPSA) is 43.1 Å². The van der Waals surface area contributed by atoms with Crippen LogP contribution in [-0.2, 0) is 0 Å². The van der Waals surface area contributed by atoms with Crippen molar-refractivity contribution in [3.8, 4) is 0 Å². The van der Waals surface area contributed by atoms with Crippen LogP contribution in [0.4, 0.5) is 5.95 Å². The molecular weight excluding hydrogens is 200 g/mol. The van der Waals surface area contributed by atoms with E-state index in [4.69, 9.17) is 0 Å². The van der Waals surface area contributed by atoms with Crippen molar-refractivity contribution in [1.29, 1.82) is 0 Å². The van der Waals surface area contributed by atoms with Gasteiger partial charge in [0.1, 0.15) is 0 Å². The van der Waals surface area contributed by atoms with Crippen molar-refractivity contribution in [2.24, 2.45) is 4.99 Å². The first-order valence-electron chi connectivity index (χ1n) is 5.77. The molecule has 0 radical (unpaired) electrons. The fraction of sp³-hybridized carbons (Fsp3) is 0.583. The van der Waals surface area contributed by atoms with Gasteiger partial charge < -0.3 is 0 Å². The van der Waals surface area contributed by atoms with Gasteiger partial charge in [0.15, 0.2) is 5.82 Å². The van der Waals surface area contributed by atoms with E-state index in [1.54, 1.807) is 10.9 Å². The van der Waals surface area contributed by atoms with Crippen molar-refractivity contribution in [1.82, 2.24) is 14.8 Å². The van der Waals surface area contributed by atoms with Gasteiger partial charge in [-0.15, -0.1) is 5.10 Å². The molecule has 0 fully saturated rings. The monoisotopic (exact) mass is 222 g/mol. The predicted molar refractivity (Wildman–Crippen MR) is 70.3 cm³/mol. The van der Waals surface area contributed by atoms with Crippen LogP contribution in [0.25, 0.3) is 6.20 Å². The van der Waals surface area contributed by atoms with Crippen LogP contribution in [0, 0.1) is 0 Å². The number of aromatic nitrogens is 3. The number of hydrogen-bond donors (Lipinski definition) is 0. The lowest BCUT2D eigenvalue weighted by Gasteiger charge is -1.93. The van der Waals surface area contributed by atoms with Crippen molar-refractivity contribution < 1.29 is 0 Å². The largest absolute Gasteiger partial charge is 0.252 e. The molecule has 0 aromatic carbocycles. The summed E-state index contributed by atoms with van der Waals surface area (Å²) in [4.78, 5) is 8.46. The molecule has 0 aliphatic carbocycles. The van der Waals surface area contributed by atoms with Gasteiger partial charge >= 0.3 is 0 Å². The normalized spacial score (nSPS) is 11.2. The van der Waals surface area contributed by atoms with Crippen LogP contribution in [0.15, 0.2) is 11.1 Å². The molecule has 0 bridgehead atoms. The number of aliphatic imine (C=N–C) groups is 1. The lowest BCUT2D eigenvalue weighted by atomic mass is 10.2. The zero-order valence-corrected chi connectivity index (χ0v) is 11.1. The van der Waals surface area contributed by atoms with Gasteiger partial charge in [0.2, 0.25) is 0 Å². The van der Waals surface area contributed by atoms with E-state index in [1.807, 2.05) is 40.0 Å². The maximum absolute atomic E-state index is 4.32. The summed E-state index contributed by atoms with van der Waals surface area (Å²) in [6.45, 7) is 11.9. The van der Waals surface area contributed by atoms with Gasteiger partial charge in [0, 0.05) is 18.3 Å². The summed E-state index contributed by atoms with van der Waals surface area (Å²) in [6, 6.07) is 0. The summed E-state index contributed by atoms with van der Waals surface area (Å²) >= 11 is 0. The Morgan fingerprint density at radius 1 is 1.25 bits per heavy atom. The van der Waals surface area contributed by atoms with Crippen molar-refractivity contribution in [3.63, 3.8) is 0 Å². The third kappa shape index (κ3) is 3.96. The van der Waals surface area contributed by atoms with E-state index in [-0.39, 0.29) is 0 Å². The predicted octanol–water partition coefficient (Wildman–Crippen LogP) is 3.64. The molecule has 0 saturated carbocycles. The molecule has 16 heavy (non-hydrogen) atoms. The van der Waals surface area contributed by atoms with Gasteiger partial charge in [0.05, 0.1) is 0 Å². The lowest BCUT2D eigenvalue weighted by Crippen LogP contribution is -1.92. The molecule has 4 nitrogen and oxygen atoms in total. The van der Waals surface area contributed by atoms with Crippen LogP contribution in [0.2, 0.25) is 0 Å². The first-order valence-corrected chi connectivity index (χ1v) is 5.77. The molecule has 0 aliphatic heterocycles. The van der Waals surface area contributed by atoms with E-state index in [0.29, 0.717) is 11.9 Å². The lowest BCUT2D eigenvalue weighted by molar-refractivity contribution is 0.764. The smallest absolute Gasteiger partial charge is 0.224 e. The Labute approximate surface area is 98.1 Å². The first kappa shape index (κ1) is 14.6. The average Bonchev–Trinajstić information content (AvgIpc) is 2.66. The van der Waals surface area contributed by atoms with Gasteiger partial charge in [-0.1, -0.05) is 33.8 Å². The van der Waals surface area contributed by atoms with Gasteiger partial charge in [-0.05, 0) is 13.8 Å². The molecule has 0 amide bonds. The van der Waals surface area contributed by atoms with Crippen molar-refractivity contribution in [3.05, 3.63) is 11.9 Å². The van der Waals surface area contributed by atoms with Crippen LogP contribution in [-0.4, -0.2) is 21.0 Å². The SMILES string of the molecule is C/C=C\n1nc(C(C)C)nc1/N=C\C.CC. The average molecular weight is 222 g/mol. The van der Waals surface area contributed by atoms with E-state index >= 15 is 0 Å². The van der Waals surface area contributed by atoms with Gasteiger partial charge in [-0.25, -0.2) is 9.67 Å². The highest BCUT2D eigenvalue weighted by molar-refractivity contribution is 5.58. The third-order valence-electron chi connectivity index (χ3n) is 1.68. The number of hydrogen-bond acceptors (Lipinski definition) is 3. The van der Waals surface area contributed by atoms with Crippen LogP contribution < -0.4 is 0 Å². The second-order valence-corrected chi connectivity index (χ2v) is 3.24. The number of allylic oxidation sites excluding steroid dienone is 1. The highest BCUT2D eigenvalue weighted by atomic mass is 15.4. The zero-order chi connectivity index (χ0) is 12.6. The quantitative estimate of drug-likeness (QED) is 0.733. The molecule has 90 valence electrons. The fourth-order valence-corrected chi connectivity index (χ4v) is 1.02. The Balaban J connectivity index is 0.00000106. The number of nitrogens with zero attached hydrogens (tertiary/aromatic N) is 4. The Bertz CT molecular complexity index is 318. The summed E-state index contributed by atoms with van der Waals surface area (Å²) in [5, 5.41) is 4.32. The maximum atomic E-state index is 4.32. The molecular formula is C12H22N4. The molecule has 0 N–H and O–H groups in total. The Morgan fingerprint density at radius 2 is 1.88 bits per heavy atom. The minimum Gasteiger partial charge on any atom is -0.224 e. The van der Waals surface area contributed by atoms with Gasteiger partial charge in [0.25, 0.3) is 5.95 Å². The zero-order valence-electron chi connectivity index (χ0n) is 11.1. The summed E-state index contributed by atoms with van der Waals surface area (Å²) in [5.74, 6) is 1.78. The first-order chi connectivity index (χ1) is 7.69. The van der Waals surface area contributed by atoms with Gasteiger partial charge in [-0.3, -0.25) is 0 Å². The summed E-state index contributed by atoms with van der Waals surface area (Å²) in [5.41, 5.74) is 0. The Hall–Kier alpha value is -1.45. The minimum atomic E-state index is 0.326.